The molecular formula is C10H16O. The minimum absolute atomic E-state index is 0.347. The van der Waals surface area contributed by atoms with Crippen molar-refractivity contribution >= 4 is 5.78 Å². The molecule has 0 heterocycles. The summed E-state index contributed by atoms with van der Waals surface area (Å²) in [6, 6.07) is 0. The van der Waals surface area contributed by atoms with E-state index in [1.165, 1.54) is 6.42 Å². The van der Waals surface area contributed by atoms with Crippen molar-refractivity contribution in [2.75, 3.05) is 0 Å². The van der Waals surface area contributed by atoms with Gasteiger partial charge in [-0.05, 0) is 26.2 Å². The Kier molecular flexibility index (Phi) is 3.34. The van der Waals surface area contributed by atoms with Crippen molar-refractivity contribution in [1.82, 2.24) is 0 Å². The van der Waals surface area contributed by atoms with Crippen LogP contribution in [0.5, 0.6) is 0 Å². The van der Waals surface area contributed by atoms with E-state index in [0.29, 0.717) is 11.7 Å². The SMILES string of the molecule is CC=CCC1CCCCC1=O. The lowest BCUT2D eigenvalue weighted by molar-refractivity contribution is -0.124. The second-order valence-electron chi connectivity index (χ2n) is 3.21. The van der Waals surface area contributed by atoms with Crippen molar-refractivity contribution in [2.45, 2.75) is 39.0 Å². The zero-order valence-corrected chi connectivity index (χ0v) is 7.18. The van der Waals surface area contributed by atoms with Gasteiger partial charge in [-0.15, -0.1) is 0 Å². The molecule has 1 aliphatic carbocycles. The Morgan fingerprint density at radius 3 is 3.00 bits per heavy atom. The van der Waals surface area contributed by atoms with Crippen LogP contribution >= 0.6 is 0 Å². The topological polar surface area (TPSA) is 17.1 Å². The number of carbonyl (C=O) groups excluding carboxylic acids is 1. The highest BCUT2D eigenvalue weighted by Gasteiger charge is 2.20. The summed E-state index contributed by atoms with van der Waals surface area (Å²) in [6.07, 6.45) is 9.40. The van der Waals surface area contributed by atoms with Gasteiger partial charge in [-0.3, -0.25) is 4.79 Å². The first-order chi connectivity index (χ1) is 5.34. The second kappa shape index (κ2) is 4.32. The monoisotopic (exact) mass is 152 g/mol. The summed E-state index contributed by atoms with van der Waals surface area (Å²) in [5, 5.41) is 0. The Hall–Kier alpha value is -0.590. The zero-order valence-electron chi connectivity index (χ0n) is 7.18. The quantitative estimate of drug-likeness (QED) is 0.556. The molecule has 0 spiro atoms. The molecule has 1 saturated carbocycles. The van der Waals surface area contributed by atoms with E-state index in [1.54, 1.807) is 0 Å². The van der Waals surface area contributed by atoms with E-state index in [1.807, 2.05) is 13.0 Å². The Labute approximate surface area is 68.5 Å². The van der Waals surface area contributed by atoms with Crippen LogP contribution in [0.3, 0.4) is 0 Å². The maximum absolute atomic E-state index is 11.3. The molecule has 0 aromatic carbocycles. The highest BCUT2D eigenvalue weighted by molar-refractivity contribution is 5.81. The van der Waals surface area contributed by atoms with Gasteiger partial charge in [0.2, 0.25) is 0 Å². The Morgan fingerprint density at radius 1 is 1.55 bits per heavy atom. The average molecular weight is 152 g/mol. The van der Waals surface area contributed by atoms with Gasteiger partial charge in [-0.25, -0.2) is 0 Å². The van der Waals surface area contributed by atoms with Crippen LogP contribution in [-0.4, -0.2) is 5.78 Å². The van der Waals surface area contributed by atoms with Crippen molar-refractivity contribution in [2.24, 2.45) is 5.92 Å². The number of allylic oxidation sites excluding steroid dienone is 2. The molecule has 1 rings (SSSR count). The summed E-state index contributed by atoms with van der Waals surface area (Å²) in [5.74, 6) is 0.828. The van der Waals surface area contributed by atoms with Crippen LogP contribution < -0.4 is 0 Å². The molecule has 0 aromatic rings. The van der Waals surface area contributed by atoms with Crippen molar-refractivity contribution in [3.8, 4) is 0 Å². The maximum Gasteiger partial charge on any atom is 0.136 e. The van der Waals surface area contributed by atoms with Gasteiger partial charge in [-0.1, -0.05) is 18.6 Å². The predicted molar refractivity (Wildman–Crippen MR) is 46.4 cm³/mol. The number of ketones is 1. The number of Topliss-reactive ketones (excluding diaryl/α,β-unsaturated/α-hetero) is 1. The molecule has 0 radical (unpaired) electrons. The second-order valence-corrected chi connectivity index (χ2v) is 3.21. The van der Waals surface area contributed by atoms with Gasteiger partial charge in [-0.2, -0.15) is 0 Å². The molecule has 0 bridgehead atoms. The lowest BCUT2D eigenvalue weighted by Crippen LogP contribution is -2.17. The van der Waals surface area contributed by atoms with Crippen molar-refractivity contribution in [3.63, 3.8) is 0 Å². The van der Waals surface area contributed by atoms with Gasteiger partial charge in [0.15, 0.2) is 0 Å². The Bertz CT molecular complexity index is 158. The van der Waals surface area contributed by atoms with Crippen LogP contribution in [0.15, 0.2) is 12.2 Å². The van der Waals surface area contributed by atoms with Crippen molar-refractivity contribution < 1.29 is 4.79 Å². The van der Waals surface area contributed by atoms with E-state index in [0.717, 1.165) is 25.7 Å². The fourth-order valence-corrected chi connectivity index (χ4v) is 1.60. The third-order valence-electron chi connectivity index (χ3n) is 2.34. The highest BCUT2D eigenvalue weighted by Crippen LogP contribution is 2.23. The van der Waals surface area contributed by atoms with Crippen molar-refractivity contribution in [1.29, 1.82) is 0 Å². The molecule has 0 amide bonds. The largest absolute Gasteiger partial charge is 0.299 e. The average Bonchev–Trinajstić information content (AvgIpc) is 2.03. The first-order valence-corrected chi connectivity index (χ1v) is 4.48. The van der Waals surface area contributed by atoms with Gasteiger partial charge in [0.25, 0.3) is 0 Å². The Morgan fingerprint density at radius 2 is 2.36 bits per heavy atom. The maximum atomic E-state index is 11.3. The smallest absolute Gasteiger partial charge is 0.136 e. The van der Waals surface area contributed by atoms with Crippen LogP contribution in [0.25, 0.3) is 0 Å². The molecule has 1 heteroatoms. The van der Waals surface area contributed by atoms with Gasteiger partial charge < -0.3 is 0 Å². The lowest BCUT2D eigenvalue weighted by Gasteiger charge is -2.18. The molecule has 1 aliphatic rings. The van der Waals surface area contributed by atoms with E-state index in [-0.39, 0.29) is 0 Å². The Balaban J connectivity index is 2.35. The van der Waals surface area contributed by atoms with E-state index in [2.05, 4.69) is 6.08 Å². The first kappa shape index (κ1) is 8.51. The van der Waals surface area contributed by atoms with Crippen LogP contribution in [0.4, 0.5) is 0 Å². The van der Waals surface area contributed by atoms with Crippen molar-refractivity contribution in [3.05, 3.63) is 12.2 Å². The molecule has 62 valence electrons. The number of hydrogen-bond acceptors (Lipinski definition) is 1. The first-order valence-electron chi connectivity index (χ1n) is 4.48. The molecule has 11 heavy (non-hydrogen) atoms. The number of rotatable bonds is 2. The number of hydrogen-bond donors (Lipinski definition) is 0. The summed E-state index contributed by atoms with van der Waals surface area (Å²) >= 11 is 0. The summed E-state index contributed by atoms with van der Waals surface area (Å²) in [6.45, 7) is 2.01. The van der Waals surface area contributed by atoms with E-state index >= 15 is 0 Å². The molecule has 1 fully saturated rings. The minimum atomic E-state index is 0.347. The molecule has 1 unspecified atom stereocenters. The third kappa shape index (κ3) is 2.49. The number of carbonyl (C=O) groups is 1. The van der Waals surface area contributed by atoms with Gasteiger partial charge in [0, 0.05) is 12.3 Å². The highest BCUT2D eigenvalue weighted by atomic mass is 16.1. The molecule has 1 atom stereocenters. The standard InChI is InChI=1S/C10H16O/c1-2-3-6-9-7-4-5-8-10(9)11/h2-3,9H,4-8H2,1H3. The summed E-state index contributed by atoms with van der Waals surface area (Å²) in [4.78, 5) is 11.3. The van der Waals surface area contributed by atoms with Gasteiger partial charge >= 0.3 is 0 Å². The fraction of sp³-hybridized carbons (Fsp3) is 0.700. The summed E-state index contributed by atoms with van der Waals surface area (Å²) < 4.78 is 0. The molecule has 0 saturated heterocycles. The summed E-state index contributed by atoms with van der Waals surface area (Å²) in [7, 11) is 0. The molecular weight excluding hydrogens is 136 g/mol. The normalized spacial score (nSPS) is 26.3. The van der Waals surface area contributed by atoms with Gasteiger partial charge in [0.05, 0.1) is 0 Å². The molecule has 0 aliphatic heterocycles. The fourth-order valence-electron chi connectivity index (χ4n) is 1.60. The third-order valence-corrected chi connectivity index (χ3v) is 2.34. The van der Waals surface area contributed by atoms with E-state index < -0.39 is 0 Å². The van der Waals surface area contributed by atoms with E-state index in [9.17, 15) is 4.79 Å². The van der Waals surface area contributed by atoms with E-state index in [4.69, 9.17) is 0 Å². The van der Waals surface area contributed by atoms with Gasteiger partial charge in [0.1, 0.15) is 5.78 Å². The molecule has 0 aromatic heterocycles. The zero-order chi connectivity index (χ0) is 8.10. The summed E-state index contributed by atoms with van der Waals surface area (Å²) in [5.41, 5.74) is 0. The van der Waals surface area contributed by atoms with Crippen LogP contribution in [0, 0.1) is 5.92 Å². The molecule has 1 nitrogen and oxygen atoms in total. The van der Waals surface area contributed by atoms with Crippen LogP contribution in [0.1, 0.15) is 39.0 Å². The minimum Gasteiger partial charge on any atom is -0.299 e. The lowest BCUT2D eigenvalue weighted by atomic mass is 9.86. The van der Waals surface area contributed by atoms with Crippen LogP contribution in [-0.2, 0) is 4.79 Å². The van der Waals surface area contributed by atoms with Crippen LogP contribution in [0.2, 0.25) is 0 Å². The molecule has 0 N–H and O–H groups in total. The predicted octanol–water partition coefficient (Wildman–Crippen LogP) is 2.71.